The number of sulfone groups is 1. The zero-order valence-electron chi connectivity index (χ0n) is 14.0. The van der Waals surface area contributed by atoms with E-state index in [0.29, 0.717) is 30.2 Å². The van der Waals surface area contributed by atoms with E-state index in [1.54, 1.807) is 0 Å². The topological polar surface area (TPSA) is 101 Å². The number of anilines is 1. The maximum Gasteiger partial charge on any atom is 0.270 e. The van der Waals surface area contributed by atoms with E-state index >= 15 is 0 Å². The molecule has 9 heteroatoms. The van der Waals surface area contributed by atoms with Crippen molar-refractivity contribution in [3.05, 3.63) is 52.9 Å². The normalized spacial score (nSPS) is 18.4. The SMILES string of the molecule is O=C(NCCc1ccc(Cl)cc1)c1cc(NC2CCS(=O)(=O)C2)ncn1. The molecule has 1 aromatic heterocycles. The first kappa shape index (κ1) is 18.6. The molecule has 138 valence electrons. The van der Waals surface area contributed by atoms with Gasteiger partial charge in [0.25, 0.3) is 5.91 Å². The highest BCUT2D eigenvalue weighted by molar-refractivity contribution is 7.91. The summed E-state index contributed by atoms with van der Waals surface area (Å²) in [5.74, 6) is 0.404. The predicted molar refractivity (Wildman–Crippen MR) is 100 cm³/mol. The van der Waals surface area contributed by atoms with Gasteiger partial charge in [-0.25, -0.2) is 18.4 Å². The lowest BCUT2D eigenvalue weighted by Crippen LogP contribution is -2.27. The first-order valence-corrected chi connectivity index (χ1v) is 10.4. The average molecular weight is 395 g/mol. The van der Waals surface area contributed by atoms with E-state index < -0.39 is 9.84 Å². The zero-order chi connectivity index (χ0) is 18.6. The van der Waals surface area contributed by atoms with Crippen LogP contribution in [0.1, 0.15) is 22.5 Å². The summed E-state index contributed by atoms with van der Waals surface area (Å²) >= 11 is 5.84. The number of hydrogen-bond donors (Lipinski definition) is 2. The molecule has 1 aliphatic rings. The van der Waals surface area contributed by atoms with Crippen molar-refractivity contribution in [2.45, 2.75) is 18.9 Å². The molecule has 3 rings (SSSR count). The summed E-state index contributed by atoms with van der Waals surface area (Å²) in [5.41, 5.74) is 1.31. The second-order valence-corrected chi connectivity index (χ2v) is 8.83. The summed E-state index contributed by atoms with van der Waals surface area (Å²) < 4.78 is 23.0. The highest BCUT2D eigenvalue weighted by Gasteiger charge is 2.28. The number of aromatic nitrogens is 2. The summed E-state index contributed by atoms with van der Waals surface area (Å²) in [4.78, 5) is 20.3. The fourth-order valence-electron chi connectivity index (χ4n) is 2.74. The standard InChI is InChI=1S/C17H19ClN4O3S/c18-13-3-1-12(2-4-13)5-7-19-17(23)15-9-16(21-11-20-15)22-14-6-8-26(24,25)10-14/h1-4,9,11,14H,5-8,10H2,(H,19,23)(H,20,21,22). The van der Waals surface area contributed by atoms with Crippen LogP contribution < -0.4 is 10.6 Å². The maximum atomic E-state index is 12.2. The van der Waals surface area contributed by atoms with Crippen molar-refractivity contribution in [3.8, 4) is 0 Å². The minimum absolute atomic E-state index is 0.0830. The maximum absolute atomic E-state index is 12.2. The van der Waals surface area contributed by atoms with Crippen LogP contribution in [-0.4, -0.2) is 48.4 Å². The van der Waals surface area contributed by atoms with Gasteiger partial charge in [-0.2, -0.15) is 0 Å². The predicted octanol–water partition coefficient (Wildman–Crippen LogP) is 1.70. The van der Waals surface area contributed by atoms with Crippen LogP contribution in [0.4, 0.5) is 5.82 Å². The molecule has 1 saturated heterocycles. The van der Waals surface area contributed by atoms with Crippen molar-refractivity contribution < 1.29 is 13.2 Å². The van der Waals surface area contributed by atoms with Gasteiger partial charge in [0.05, 0.1) is 11.5 Å². The molecule has 26 heavy (non-hydrogen) atoms. The number of carbonyl (C=O) groups is 1. The highest BCUT2D eigenvalue weighted by atomic mass is 35.5. The van der Waals surface area contributed by atoms with Crippen LogP contribution in [0.3, 0.4) is 0 Å². The van der Waals surface area contributed by atoms with E-state index in [-0.39, 0.29) is 29.1 Å². The van der Waals surface area contributed by atoms with Gasteiger partial charge in [-0.05, 0) is 30.5 Å². The van der Waals surface area contributed by atoms with E-state index in [1.807, 2.05) is 24.3 Å². The van der Waals surface area contributed by atoms with Gasteiger partial charge in [-0.1, -0.05) is 23.7 Å². The molecule has 7 nitrogen and oxygen atoms in total. The fourth-order valence-corrected chi connectivity index (χ4v) is 4.54. The van der Waals surface area contributed by atoms with Crippen LogP contribution >= 0.6 is 11.6 Å². The Bertz CT molecular complexity index is 887. The molecule has 0 spiro atoms. The quantitative estimate of drug-likeness (QED) is 0.773. The first-order valence-electron chi connectivity index (χ1n) is 8.23. The van der Waals surface area contributed by atoms with E-state index in [0.717, 1.165) is 5.56 Å². The van der Waals surface area contributed by atoms with Gasteiger partial charge >= 0.3 is 0 Å². The molecule has 1 unspecified atom stereocenters. The number of amides is 1. The molecule has 1 atom stereocenters. The van der Waals surface area contributed by atoms with Crippen LogP contribution in [0.15, 0.2) is 36.7 Å². The molecule has 0 bridgehead atoms. The second-order valence-electron chi connectivity index (χ2n) is 6.17. The lowest BCUT2D eigenvalue weighted by molar-refractivity contribution is 0.0949. The summed E-state index contributed by atoms with van der Waals surface area (Å²) in [5, 5.41) is 6.54. The van der Waals surface area contributed by atoms with Crippen LogP contribution in [-0.2, 0) is 16.3 Å². The Balaban J connectivity index is 1.53. The minimum Gasteiger partial charge on any atom is -0.366 e. The third kappa shape index (κ3) is 5.15. The Kier molecular flexibility index (Phi) is 5.73. The van der Waals surface area contributed by atoms with Gasteiger partial charge in [-0.15, -0.1) is 0 Å². The Labute approximate surface area is 157 Å². The van der Waals surface area contributed by atoms with E-state index in [2.05, 4.69) is 20.6 Å². The van der Waals surface area contributed by atoms with Crippen molar-refractivity contribution in [2.75, 3.05) is 23.4 Å². The molecular formula is C17H19ClN4O3S. The number of carbonyl (C=O) groups excluding carboxylic acids is 1. The lowest BCUT2D eigenvalue weighted by Gasteiger charge is -2.12. The van der Waals surface area contributed by atoms with Gasteiger partial charge < -0.3 is 10.6 Å². The number of halogens is 1. The molecule has 0 radical (unpaired) electrons. The number of hydrogen-bond acceptors (Lipinski definition) is 6. The third-order valence-electron chi connectivity index (χ3n) is 4.10. The van der Waals surface area contributed by atoms with Gasteiger partial charge in [0, 0.05) is 23.7 Å². The smallest absolute Gasteiger partial charge is 0.270 e. The molecule has 2 N–H and O–H groups in total. The Morgan fingerprint density at radius 2 is 2.00 bits per heavy atom. The molecule has 1 aliphatic heterocycles. The molecular weight excluding hydrogens is 376 g/mol. The van der Waals surface area contributed by atoms with Crippen LogP contribution in [0.2, 0.25) is 5.02 Å². The van der Waals surface area contributed by atoms with Crippen molar-refractivity contribution in [3.63, 3.8) is 0 Å². The third-order valence-corrected chi connectivity index (χ3v) is 6.12. The Hall–Kier alpha value is -2.19. The molecule has 1 fully saturated rings. The van der Waals surface area contributed by atoms with Crippen LogP contribution in [0.25, 0.3) is 0 Å². The number of nitrogens with zero attached hydrogens (tertiary/aromatic N) is 2. The van der Waals surface area contributed by atoms with Crippen LogP contribution in [0.5, 0.6) is 0 Å². The summed E-state index contributed by atoms with van der Waals surface area (Å²) in [6, 6.07) is 8.79. The van der Waals surface area contributed by atoms with Gasteiger partial charge in [-0.3, -0.25) is 4.79 Å². The van der Waals surface area contributed by atoms with Gasteiger partial charge in [0.2, 0.25) is 0 Å². The first-order chi connectivity index (χ1) is 12.4. The van der Waals surface area contributed by atoms with Crippen molar-refractivity contribution >= 4 is 33.2 Å². The molecule has 1 aromatic carbocycles. The van der Waals surface area contributed by atoms with Crippen molar-refractivity contribution in [1.82, 2.24) is 15.3 Å². The molecule has 2 heterocycles. The number of nitrogens with one attached hydrogen (secondary N) is 2. The van der Waals surface area contributed by atoms with Crippen molar-refractivity contribution in [1.29, 1.82) is 0 Å². The van der Waals surface area contributed by atoms with E-state index in [4.69, 9.17) is 11.6 Å². The van der Waals surface area contributed by atoms with Gasteiger partial charge in [0.1, 0.15) is 17.8 Å². The largest absolute Gasteiger partial charge is 0.366 e. The Morgan fingerprint density at radius 3 is 2.69 bits per heavy atom. The summed E-state index contributed by atoms with van der Waals surface area (Å²) in [7, 11) is -2.98. The van der Waals surface area contributed by atoms with Crippen molar-refractivity contribution in [2.24, 2.45) is 0 Å². The van der Waals surface area contributed by atoms with Crippen LogP contribution in [0, 0.1) is 0 Å². The number of benzene rings is 1. The molecule has 1 amide bonds. The average Bonchev–Trinajstić information content (AvgIpc) is 2.95. The minimum atomic E-state index is -2.98. The molecule has 0 aliphatic carbocycles. The summed E-state index contributed by atoms with van der Waals surface area (Å²) in [6.45, 7) is 0.466. The molecule has 2 aromatic rings. The Morgan fingerprint density at radius 1 is 1.23 bits per heavy atom. The van der Waals surface area contributed by atoms with E-state index in [9.17, 15) is 13.2 Å². The lowest BCUT2D eigenvalue weighted by atomic mass is 10.1. The van der Waals surface area contributed by atoms with Gasteiger partial charge in [0.15, 0.2) is 9.84 Å². The number of rotatable bonds is 6. The zero-order valence-corrected chi connectivity index (χ0v) is 15.6. The van der Waals surface area contributed by atoms with E-state index in [1.165, 1.54) is 12.4 Å². The monoisotopic (exact) mass is 394 g/mol. The fraction of sp³-hybridized carbons (Fsp3) is 0.353. The highest BCUT2D eigenvalue weighted by Crippen LogP contribution is 2.16. The summed E-state index contributed by atoms with van der Waals surface area (Å²) in [6.07, 6.45) is 2.51. The molecule has 0 saturated carbocycles. The second kappa shape index (κ2) is 8.01.